The Morgan fingerprint density at radius 3 is 2.70 bits per heavy atom. The Labute approximate surface area is 114 Å². The normalized spacial score (nSPS) is 16.4. The van der Waals surface area contributed by atoms with Gasteiger partial charge in [0.1, 0.15) is 0 Å². The van der Waals surface area contributed by atoms with Gasteiger partial charge in [-0.3, -0.25) is 9.59 Å². The van der Waals surface area contributed by atoms with Gasteiger partial charge in [-0.25, -0.2) is 9.97 Å². The van der Waals surface area contributed by atoms with Crippen molar-refractivity contribution < 1.29 is 9.59 Å². The third-order valence-electron chi connectivity index (χ3n) is 3.64. The number of carbonyl (C=O) groups is 2. The number of hydrogen-bond donors (Lipinski definition) is 0. The van der Waals surface area contributed by atoms with E-state index in [9.17, 15) is 9.59 Å². The van der Waals surface area contributed by atoms with Gasteiger partial charge in [0.05, 0.1) is 27.6 Å². The van der Waals surface area contributed by atoms with Crippen molar-refractivity contribution in [2.24, 2.45) is 0 Å². The zero-order valence-electron chi connectivity index (χ0n) is 10.6. The number of allylic oxidation sites excluding steroid dienone is 1. The van der Waals surface area contributed by atoms with E-state index in [1.165, 1.54) is 0 Å². The van der Waals surface area contributed by atoms with Gasteiger partial charge in [0.25, 0.3) is 0 Å². The summed E-state index contributed by atoms with van der Waals surface area (Å²) in [6, 6.07) is 3.67. The molecule has 1 heterocycles. The van der Waals surface area contributed by atoms with E-state index in [4.69, 9.17) is 0 Å². The summed E-state index contributed by atoms with van der Waals surface area (Å²) in [6.07, 6.45) is 8.61. The summed E-state index contributed by atoms with van der Waals surface area (Å²) in [5, 5.41) is 1.42. The fraction of sp³-hybridized carbons (Fsp3) is 0.125. The van der Waals surface area contributed by atoms with E-state index < -0.39 is 5.78 Å². The lowest BCUT2D eigenvalue weighted by molar-refractivity contribution is -0.114. The molecule has 20 heavy (non-hydrogen) atoms. The number of nitrogens with zero attached hydrogens (tertiary/aromatic N) is 2. The molecule has 0 aromatic heterocycles. The average molecular weight is 262 g/mol. The van der Waals surface area contributed by atoms with Crippen LogP contribution in [0, 0.1) is 0 Å². The molecule has 0 aromatic carbocycles. The maximum atomic E-state index is 12.1. The van der Waals surface area contributed by atoms with Gasteiger partial charge < -0.3 is 0 Å². The fourth-order valence-electron chi connectivity index (χ4n) is 2.56. The van der Waals surface area contributed by atoms with E-state index in [2.05, 4.69) is 9.97 Å². The lowest BCUT2D eigenvalue weighted by atomic mass is 9.91. The van der Waals surface area contributed by atoms with E-state index >= 15 is 0 Å². The Hall–Kier alpha value is -2.62. The van der Waals surface area contributed by atoms with Crippen molar-refractivity contribution in [2.75, 3.05) is 0 Å². The van der Waals surface area contributed by atoms with E-state index in [0.717, 1.165) is 28.7 Å². The Morgan fingerprint density at radius 2 is 1.90 bits per heavy atom. The minimum atomic E-state index is -0.453. The molecule has 0 atom stereocenters. The van der Waals surface area contributed by atoms with Gasteiger partial charge in [-0.15, -0.1) is 0 Å². The summed E-state index contributed by atoms with van der Waals surface area (Å²) in [5.41, 5.74) is 2.62. The molecule has 0 radical (unpaired) electrons. The van der Waals surface area contributed by atoms with Crippen LogP contribution >= 0.6 is 0 Å². The molecule has 0 aromatic rings. The maximum absolute atomic E-state index is 12.1. The van der Waals surface area contributed by atoms with Crippen molar-refractivity contribution in [3.63, 3.8) is 0 Å². The molecule has 0 bridgehead atoms. The summed E-state index contributed by atoms with van der Waals surface area (Å²) >= 11 is 0. The number of hydrogen-bond acceptors (Lipinski definition) is 4. The molecule has 4 nitrogen and oxygen atoms in total. The van der Waals surface area contributed by atoms with Crippen LogP contribution in [0.1, 0.15) is 28.9 Å². The van der Waals surface area contributed by atoms with Gasteiger partial charge >= 0.3 is 0 Å². The van der Waals surface area contributed by atoms with Crippen LogP contribution in [0.4, 0.5) is 0 Å². The molecule has 3 aliphatic carbocycles. The lowest BCUT2D eigenvalue weighted by Gasteiger charge is -2.14. The molecular formula is C16H10N2O2. The van der Waals surface area contributed by atoms with Crippen LogP contribution in [0.3, 0.4) is 0 Å². The number of fused-ring (bicyclic) bond motifs is 4. The Kier molecular flexibility index (Phi) is 2.21. The largest absolute Gasteiger partial charge is 0.290 e. The summed E-state index contributed by atoms with van der Waals surface area (Å²) in [6.45, 7) is 0. The molecule has 0 spiro atoms. The van der Waals surface area contributed by atoms with Crippen LogP contribution in [-0.4, -0.2) is 21.5 Å². The summed E-state index contributed by atoms with van der Waals surface area (Å²) < 4.78 is 0. The highest BCUT2D eigenvalue weighted by Gasteiger charge is 2.26. The van der Waals surface area contributed by atoms with E-state index in [1.807, 2.05) is 30.4 Å². The molecule has 0 unspecified atom stereocenters. The summed E-state index contributed by atoms with van der Waals surface area (Å²) in [7, 11) is 0. The SMILES string of the molecule is O=C1CC=c2nc3c(nc4ccc-4c2C1=O)=CCC=C3. The highest BCUT2D eigenvalue weighted by molar-refractivity contribution is 6.46. The van der Waals surface area contributed by atoms with Crippen LogP contribution in [0.15, 0.2) is 18.2 Å². The first-order valence-electron chi connectivity index (χ1n) is 6.49. The van der Waals surface area contributed by atoms with E-state index in [-0.39, 0.29) is 12.2 Å². The molecule has 4 heteroatoms. The van der Waals surface area contributed by atoms with Gasteiger partial charge in [0.2, 0.25) is 11.6 Å². The monoisotopic (exact) mass is 262 g/mol. The first-order valence-corrected chi connectivity index (χ1v) is 6.49. The second kappa shape index (κ2) is 3.93. The number of rotatable bonds is 0. The second-order valence-corrected chi connectivity index (χ2v) is 4.89. The van der Waals surface area contributed by atoms with Crippen molar-refractivity contribution in [3.8, 4) is 11.3 Å². The summed E-state index contributed by atoms with van der Waals surface area (Å²) in [4.78, 5) is 32.8. The Balaban J connectivity index is 2.20. The molecule has 4 aliphatic rings. The third kappa shape index (κ3) is 1.48. The van der Waals surface area contributed by atoms with Gasteiger partial charge in [0.15, 0.2) is 0 Å². The first-order chi connectivity index (χ1) is 9.74. The second-order valence-electron chi connectivity index (χ2n) is 4.89. The highest BCUT2D eigenvalue weighted by atomic mass is 16.2. The zero-order valence-corrected chi connectivity index (χ0v) is 10.6. The molecule has 1 aliphatic heterocycles. The molecule has 4 rings (SSSR count). The standard InChI is InChI=1S/C16H10N2O2/c19-14-8-7-13-15(16(14)20)9-5-6-10(9)17-11-3-1-2-4-12(11)18-13/h2-7H,1,8H2. The summed E-state index contributed by atoms with van der Waals surface area (Å²) in [5.74, 6) is -0.835. The third-order valence-corrected chi connectivity index (χ3v) is 3.64. The lowest BCUT2D eigenvalue weighted by Crippen LogP contribution is -2.32. The van der Waals surface area contributed by atoms with Crippen molar-refractivity contribution >= 4 is 29.8 Å². The first kappa shape index (κ1) is 11.2. The average Bonchev–Trinajstić information content (AvgIpc) is 2.43. The van der Waals surface area contributed by atoms with Gasteiger partial charge in [-0.05, 0) is 24.6 Å². The number of aromatic nitrogens is 2. The van der Waals surface area contributed by atoms with Crippen LogP contribution in [0.2, 0.25) is 0 Å². The quantitative estimate of drug-likeness (QED) is 0.656. The van der Waals surface area contributed by atoms with Crippen LogP contribution < -0.4 is 10.7 Å². The van der Waals surface area contributed by atoms with Gasteiger partial charge in [-0.2, -0.15) is 0 Å². The molecule has 96 valence electrons. The number of Topliss-reactive ketones (excluding diaryl/α,β-unsaturated/α-hetero) is 2. The maximum Gasteiger partial charge on any atom is 0.231 e. The van der Waals surface area contributed by atoms with E-state index in [0.29, 0.717) is 10.9 Å². The van der Waals surface area contributed by atoms with Crippen LogP contribution in [0.5, 0.6) is 0 Å². The van der Waals surface area contributed by atoms with Crippen molar-refractivity contribution in [1.82, 2.24) is 9.97 Å². The highest BCUT2D eigenvalue weighted by Crippen LogP contribution is 2.25. The van der Waals surface area contributed by atoms with Crippen LogP contribution in [0.25, 0.3) is 29.5 Å². The topological polar surface area (TPSA) is 59.9 Å². The predicted molar refractivity (Wildman–Crippen MR) is 74.4 cm³/mol. The Morgan fingerprint density at radius 1 is 1.00 bits per heavy atom. The predicted octanol–water partition coefficient (Wildman–Crippen LogP) is 0.715. The van der Waals surface area contributed by atoms with Crippen LogP contribution in [-0.2, 0) is 4.79 Å². The minimum absolute atomic E-state index is 0.126. The molecule has 0 saturated heterocycles. The number of ketones is 2. The number of carbonyl (C=O) groups excluding carboxylic acids is 2. The molecule has 0 fully saturated rings. The molecule has 0 amide bonds. The van der Waals surface area contributed by atoms with E-state index in [1.54, 1.807) is 6.08 Å². The van der Waals surface area contributed by atoms with Gasteiger partial charge in [-0.1, -0.05) is 18.2 Å². The zero-order chi connectivity index (χ0) is 13.7. The smallest absolute Gasteiger partial charge is 0.231 e. The Bertz CT molecular complexity index is 894. The van der Waals surface area contributed by atoms with Crippen molar-refractivity contribution in [2.45, 2.75) is 12.8 Å². The van der Waals surface area contributed by atoms with Gasteiger partial charge in [0, 0.05) is 12.0 Å². The molecular weight excluding hydrogens is 252 g/mol. The molecule has 0 N–H and O–H groups in total. The fourth-order valence-corrected chi connectivity index (χ4v) is 2.56. The minimum Gasteiger partial charge on any atom is -0.290 e. The van der Waals surface area contributed by atoms with Crippen molar-refractivity contribution in [1.29, 1.82) is 0 Å². The molecule has 0 saturated carbocycles. The van der Waals surface area contributed by atoms with Crippen molar-refractivity contribution in [3.05, 3.63) is 40.2 Å².